The number of hydrogen-bond acceptors (Lipinski definition) is 3. The molecule has 0 radical (unpaired) electrons. The summed E-state index contributed by atoms with van der Waals surface area (Å²) < 4.78 is 10.3. The van der Waals surface area contributed by atoms with Gasteiger partial charge < -0.3 is 9.22 Å². The SMILES string of the molecule is CC(C)[N+](C)(C)Cn1ncc2cc(-n3ccc(OCc4ccccc4)cc3=O)ccc21.Cl. The lowest BCUT2D eigenvalue weighted by atomic mass is 10.2. The molecule has 168 valence electrons. The van der Waals surface area contributed by atoms with Gasteiger partial charge in [-0.15, -0.1) is 12.4 Å². The first-order chi connectivity index (χ1) is 14.8. The Morgan fingerprint density at radius 2 is 1.78 bits per heavy atom. The van der Waals surface area contributed by atoms with E-state index in [0.29, 0.717) is 18.4 Å². The molecule has 4 aromatic rings. The van der Waals surface area contributed by atoms with E-state index >= 15 is 0 Å². The minimum Gasteiger partial charge on any atom is -0.489 e. The maximum absolute atomic E-state index is 12.7. The van der Waals surface area contributed by atoms with Gasteiger partial charge in [-0.1, -0.05) is 30.3 Å². The lowest BCUT2D eigenvalue weighted by Gasteiger charge is -2.33. The van der Waals surface area contributed by atoms with Crippen LogP contribution in [0.2, 0.25) is 0 Å². The molecule has 0 saturated carbocycles. The lowest BCUT2D eigenvalue weighted by Crippen LogP contribution is -2.46. The van der Waals surface area contributed by atoms with E-state index in [9.17, 15) is 4.79 Å². The van der Waals surface area contributed by atoms with Crippen molar-refractivity contribution in [3.63, 3.8) is 0 Å². The van der Waals surface area contributed by atoms with Crippen LogP contribution in [0.3, 0.4) is 0 Å². The van der Waals surface area contributed by atoms with Gasteiger partial charge in [0.05, 0.1) is 31.9 Å². The Kier molecular flexibility index (Phi) is 7.06. The molecule has 0 aliphatic heterocycles. The summed E-state index contributed by atoms with van der Waals surface area (Å²) in [6.07, 6.45) is 3.62. The van der Waals surface area contributed by atoms with Crippen molar-refractivity contribution < 1.29 is 9.22 Å². The molecule has 0 N–H and O–H groups in total. The predicted molar refractivity (Wildman–Crippen MR) is 131 cm³/mol. The van der Waals surface area contributed by atoms with E-state index in [1.54, 1.807) is 10.8 Å². The normalized spacial score (nSPS) is 11.5. The van der Waals surface area contributed by atoms with Crippen molar-refractivity contribution in [2.75, 3.05) is 14.1 Å². The van der Waals surface area contributed by atoms with E-state index in [4.69, 9.17) is 4.74 Å². The van der Waals surface area contributed by atoms with Crippen LogP contribution in [0.15, 0.2) is 77.9 Å². The third-order valence-electron chi connectivity index (χ3n) is 5.94. The second-order valence-corrected chi connectivity index (χ2v) is 8.75. The molecule has 0 atom stereocenters. The fourth-order valence-electron chi connectivity index (χ4n) is 3.35. The van der Waals surface area contributed by atoms with Crippen molar-refractivity contribution in [1.82, 2.24) is 14.3 Å². The minimum atomic E-state index is -0.130. The van der Waals surface area contributed by atoms with Crippen molar-refractivity contribution in [3.8, 4) is 11.4 Å². The lowest BCUT2D eigenvalue weighted by molar-refractivity contribution is -0.932. The zero-order valence-corrected chi connectivity index (χ0v) is 19.7. The van der Waals surface area contributed by atoms with E-state index < -0.39 is 0 Å². The van der Waals surface area contributed by atoms with Crippen LogP contribution in [-0.4, -0.2) is 39.0 Å². The van der Waals surface area contributed by atoms with Gasteiger partial charge in [0.1, 0.15) is 12.4 Å². The van der Waals surface area contributed by atoms with Gasteiger partial charge >= 0.3 is 0 Å². The van der Waals surface area contributed by atoms with Gasteiger partial charge in [-0.3, -0.25) is 9.36 Å². The Morgan fingerprint density at radius 3 is 2.47 bits per heavy atom. The fourth-order valence-corrected chi connectivity index (χ4v) is 3.35. The van der Waals surface area contributed by atoms with Crippen LogP contribution in [0.1, 0.15) is 19.4 Å². The smallest absolute Gasteiger partial charge is 0.258 e. The van der Waals surface area contributed by atoms with E-state index in [1.807, 2.05) is 65.5 Å². The molecular weight excluding hydrogens is 424 g/mol. The Balaban J connectivity index is 0.00000289. The van der Waals surface area contributed by atoms with Crippen molar-refractivity contribution in [2.45, 2.75) is 33.2 Å². The summed E-state index contributed by atoms with van der Waals surface area (Å²) in [5.41, 5.74) is 2.80. The molecule has 0 aliphatic rings. The van der Waals surface area contributed by atoms with Crippen LogP contribution in [0.5, 0.6) is 5.75 Å². The van der Waals surface area contributed by atoms with Crippen molar-refractivity contribution in [3.05, 3.63) is 89.0 Å². The highest BCUT2D eigenvalue weighted by molar-refractivity contribution is 5.85. The Morgan fingerprint density at radius 1 is 1.03 bits per heavy atom. The number of benzene rings is 2. The number of hydrogen-bond donors (Lipinski definition) is 0. The molecule has 2 heterocycles. The molecule has 0 unspecified atom stereocenters. The highest BCUT2D eigenvalue weighted by Gasteiger charge is 2.21. The summed E-state index contributed by atoms with van der Waals surface area (Å²) in [5.74, 6) is 0.563. The number of aromatic nitrogens is 3. The Labute approximate surface area is 194 Å². The first-order valence-electron chi connectivity index (χ1n) is 10.5. The quantitative estimate of drug-likeness (QED) is 0.383. The average Bonchev–Trinajstić information content (AvgIpc) is 3.14. The molecular formula is C25H30ClN4O2+. The van der Waals surface area contributed by atoms with Crippen molar-refractivity contribution >= 4 is 23.3 Å². The van der Waals surface area contributed by atoms with Crippen molar-refractivity contribution in [1.29, 1.82) is 0 Å². The molecule has 0 amide bonds. The number of fused-ring (bicyclic) bond motifs is 1. The second-order valence-electron chi connectivity index (χ2n) is 8.75. The van der Waals surface area contributed by atoms with E-state index in [1.165, 1.54) is 6.07 Å². The number of ether oxygens (including phenoxy) is 1. The summed E-state index contributed by atoms with van der Waals surface area (Å²) in [6.45, 7) is 5.64. The molecule has 0 bridgehead atoms. The number of rotatable bonds is 7. The van der Waals surface area contributed by atoms with E-state index in [0.717, 1.165) is 33.3 Å². The summed E-state index contributed by atoms with van der Waals surface area (Å²) in [6, 6.07) is 19.7. The predicted octanol–water partition coefficient (Wildman–Crippen LogP) is 4.63. The number of quaternary nitrogens is 1. The maximum Gasteiger partial charge on any atom is 0.258 e. The Bertz CT molecular complexity index is 1250. The molecule has 4 rings (SSSR count). The monoisotopic (exact) mass is 453 g/mol. The average molecular weight is 454 g/mol. The molecule has 0 saturated heterocycles. The third kappa shape index (κ3) is 5.03. The van der Waals surface area contributed by atoms with Gasteiger partial charge in [0.25, 0.3) is 5.56 Å². The summed E-state index contributed by atoms with van der Waals surface area (Å²) in [5, 5.41) is 5.59. The summed E-state index contributed by atoms with van der Waals surface area (Å²) in [4.78, 5) is 12.7. The molecule has 2 aromatic heterocycles. The van der Waals surface area contributed by atoms with Crippen LogP contribution < -0.4 is 10.3 Å². The van der Waals surface area contributed by atoms with Gasteiger partial charge in [0, 0.05) is 23.3 Å². The topological polar surface area (TPSA) is 49.0 Å². The zero-order chi connectivity index (χ0) is 22.0. The highest BCUT2D eigenvalue weighted by atomic mass is 35.5. The second kappa shape index (κ2) is 9.59. The van der Waals surface area contributed by atoms with Crippen LogP contribution in [-0.2, 0) is 13.3 Å². The summed E-state index contributed by atoms with van der Waals surface area (Å²) in [7, 11) is 4.40. The molecule has 6 nitrogen and oxygen atoms in total. The molecule has 0 spiro atoms. The van der Waals surface area contributed by atoms with Crippen LogP contribution in [0, 0.1) is 0 Å². The first-order valence-corrected chi connectivity index (χ1v) is 10.5. The van der Waals surface area contributed by atoms with Crippen LogP contribution in [0.4, 0.5) is 0 Å². The zero-order valence-electron chi connectivity index (χ0n) is 18.9. The van der Waals surface area contributed by atoms with Gasteiger partial charge in [-0.2, -0.15) is 5.10 Å². The molecule has 0 fully saturated rings. The summed E-state index contributed by atoms with van der Waals surface area (Å²) >= 11 is 0. The van der Waals surface area contributed by atoms with Crippen LogP contribution >= 0.6 is 12.4 Å². The highest BCUT2D eigenvalue weighted by Crippen LogP contribution is 2.20. The maximum atomic E-state index is 12.7. The van der Waals surface area contributed by atoms with Gasteiger partial charge in [0.2, 0.25) is 0 Å². The molecule has 2 aromatic carbocycles. The van der Waals surface area contributed by atoms with E-state index in [-0.39, 0.29) is 18.0 Å². The molecule has 0 aliphatic carbocycles. The fraction of sp³-hybridized carbons (Fsp3) is 0.280. The van der Waals surface area contributed by atoms with E-state index in [2.05, 4.69) is 33.0 Å². The van der Waals surface area contributed by atoms with Crippen LogP contribution in [0.25, 0.3) is 16.6 Å². The third-order valence-corrected chi connectivity index (χ3v) is 5.94. The van der Waals surface area contributed by atoms with Gasteiger partial charge in [-0.05, 0) is 43.7 Å². The van der Waals surface area contributed by atoms with Gasteiger partial charge in [-0.25, -0.2) is 4.68 Å². The standard InChI is InChI=1S/C25H29N4O2.ClH/c1-19(2)29(3,4)18-28-24-11-10-22(14-21(24)16-26-28)27-13-12-23(15-25(27)30)31-17-20-8-6-5-7-9-20;/h5-16,19H,17-18H2,1-4H3;1H/q+1;. The number of halogens is 1. The van der Waals surface area contributed by atoms with Gasteiger partial charge in [0.15, 0.2) is 6.67 Å². The first kappa shape index (κ1) is 23.6. The number of pyridine rings is 1. The largest absolute Gasteiger partial charge is 0.489 e. The Hall–Kier alpha value is -3.09. The molecule has 32 heavy (non-hydrogen) atoms. The van der Waals surface area contributed by atoms with Crippen molar-refractivity contribution in [2.24, 2.45) is 0 Å². The molecule has 7 heteroatoms. The number of nitrogens with zero attached hydrogens (tertiary/aromatic N) is 4. The minimum absolute atomic E-state index is 0.